The summed E-state index contributed by atoms with van der Waals surface area (Å²) in [6.45, 7) is 12.6. The van der Waals surface area contributed by atoms with E-state index in [9.17, 15) is 9.59 Å². The Hall–Kier alpha value is -2.66. The molecule has 0 aliphatic carbocycles. The first kappa shape index (κ1) is 22.0. The Morgan fingerprint density at radius 1 is 0.900 bits per heavy atom. The van der Waals surface area contributed by atoms with Gasteiger partial charge in [0.1, 0.15) is 0 Å². The van der Waals surface area contributed by atoms with E-state index in [4.69, 9.17) is 0 Å². The highest BCUT2D eigenvalue weighted by molar-refractivity contribution is 5.96. The number of nitrogens with zero attached hydrogens (tertiary/aromatic N) is 2. The molecule has 1 N–H and O–H groups in total. The van der Waals surface area contributed by atoms with Gasteiger partial charge in [-0.05, 0) is 51.3 Å². The number of para-hydroxylation sites is 1. The van der Waals surface area contributed by atoms with Crippen molar-refractivity contribution in [1.29, 1.82) is 0 Å². The second kappa shape index (κ2) is 9.00. The maximum absolute atomic E-state index is 13.2. The van der Waals surface area contributed by atoms with E-state index in [-0.39, 0.29) is 17.9 Å². The van der Waals surface area contributed by atoms with Gasteiger partial charge < -0.3 is 10.2 Å². The van der Waals surface area contributed by atoms with Gasteiger partial charge in [-0.1, -0.05) is 48.5 Å². The molecule has 5 nitrogen and oxygen atoms in total. The Morgan fingerprint density at radius 3 is 2.03 bits per heavy atom. The first-order valence-electron chi connectivity index (χ1n) is 10.7. The van der Waals surface area contributed by atoms with Crippen LogP contribution in [0.2, 0.25) is 0 Å². The molecule has 2 aromatic carbocycles. The first-order chi connectivity index (χ1) is 14.2. The highest BCUT2D eigenvalue weighted by Crippen LogP contribution is 2.26. The van der Waals surface area contributed by atoms with E-state index < -0.39 is 5.41 Å². The van der Waals surface area contributed by atoms with Gasteiger partial charge in [0.15, 0.2) is 0 Å². The van der Waals surface area contributed by atoms with E-state index in [1.165, 1.54) is 0 Å². The quantitative estimate of drug-likeness (QED) is 0.821. The lowest BCUT2D eigenvalue weighted by atomic mass is 9.83. The minimum Gasteiger partial charge on any atom is -0.339 e. The van der Waals surface area contributed by atoms with Gasteiger partial charge in [0.25, 0.3) is 0 Å². The fraction of sp³-hybridized carbons (Fsp3) is 0.440. The lowest BCUT2D eigenvalue weighted by Gasteiger charge is -2.40. The molecular formula is C25H33N3O2. The molecular weight excluding hydrogens is 374 g/mol. The highest BCUT2D eigenvalue weighted by atomic mass is 16.2. The zero-order valence-electron chi connectivity index (χ0n) is 18.7. The third-order valence-electron chi connectivity index (χ3n) is 6.29. The summed E-state index contributed by atoms with van der Waals surface area (Å²) in [5, 5.41) is 3.09. The first-order valence-corrected chi connectivity index (χ1v) is 10.7. The molecule has 1 aliphatic heterocycles. The van der Waals surface area contributed by atoms with Crippen molar-refractivity contribution in [3.63, 3.8) is 0 Å². The van der Waals surface area contributed by atoms with Crippen LogP contribution in [-0.4, -0.2) is 53.8 Å². The Morgan fingerprint density at radius 2 is 1.47 bits per heavy atom. The summed E-state index contributed by atoms with van der Waals surface area (Å²) >= 11 is 0. The van der Waals surface area contributed by atoms with E-state index in [2.05, 4.69) is 10.2 Å². The summed E-state index contributed by atoms with van der Waals surface area (Å²) < 4.78 is 0. The number of rotatable bonds is 5. The van der Waals surface area contributed by atoms with Crippen LogP contribution in [0.5, 0.6) is 0 Å². The molecule has 2 aromatic rings. The Labute approximate surface area is 180 Å². The predicted octanol–water partition coefficient (Wildman–Crippen LogP) is 3.75. The molecule has 2 amide bonds. The second-order valence-electron chi connectivity index (χ2n) is 8.75. The van der Waals surface area contributed by atoms with Crippen LogP contribution >= 0.6 is 0 Å². The number of aryl methyl sites for hydroxylation is 2. The van der Waals surface area contributed by atoms with Gasteiger partial charge in [0, 0.05) is 31.9 Å². The van der Waals surface area contributed by atoms with Crippen molar-refractivity contribution >= 4 is 17.5 Å². The normalized spacial score (nSPS) is 16.2. The maximum atomic E-state index is 13.2. The fourth-order valence-electron chi connectivity index (χ4n) is 4.09. The van der Waals surface area contributed by atoms with Gasteiger partial charge in [-0.2, -0.15) is 0 Å². The van der Waals surface area contributed by atoms with Gasteiger partial charge in [0.05, 0.1) is 11.5 Å². The number of amides is 2. The van der Waals surface area contributed by atoms with Crippen molar-refractivity contribution in [1.82, 2.24) is 9.80 Å². The molecule has 0 radical (unpaired) electrons. The summed E-state index contributed by atoms with van der Waals surface area (Å²) in [7, 11) is 0. The second-order valence-corrected chi connectivity index (χ2v) is 8.75. The zero-order valence-corrected chi connectivity index (χ0v) is 18.7. The summed E-state index contributed by atoms with van der Waals surface area (Å²) in [5.74, 6) is 0.137. The molecule has 30 heavy (non-hydrogen) atoms. The molecule has 5 heteroatoms. The van der Waals surface area contributed by atoms with Crippen molar-refractivity contribution in [2.24, 2.45) is 0 Å². The van der Waals surface area contributed by atoms with Crippen LogP contribution in [0.15, 0.2) is 48.5 Å². The van der Waals surface area contributed by atoms with Crippen molar-refractivity contribution < 1.29 is 9.59 Å². The fourth-order valence-corrected chi connectivity index (χ4v) is 4.09. The number of hydrogen-bond acceptors (Lipinski definition) is 3. The predicted molar refractivity (Wildman–Crippen MR) is 122 cm³/mol. The van der Waals surface area contributed by atoms with Gasteiger partial charge in [-0.3, -0.25) is 14.5 Å². The molecule has 160 valence electrons. The summed E-state index contributed by atoms with van der Waals surface area (Å²) in [6, 6.07) is 15.7. The molecule has 0 saturated carbocycles. The molecule has 1 unspecified atom stereocenters. The number of carbonyl (C=O) groups is 2. The number of hydrogen-bond donors (Lipinski definition) is 1. The average Bonchev–Trinajstić information content (AvgIpc) is 2.76. The van der Waals surface area contributed by atoms with E-state index in [1.807, 2.05) is 88.0 Å². The van der Waals surface area contributed by atoms with Crippen molar-refractivity contribution in [2.45, 2.75) is 46.1 Å². The van der Waals surface area contributed by atoms with Crippen LogP contribution in [0.4, 0.5) is 5.69 Å². The number of anilines is 1. The smallest absolute Gasteiger partial charge is 0.241 e. The van der Waals surface area contributed by atoms with E-state index in [0.717, 1.165) is 22.4 Å². The molecule has 0 spiro atoms. The zero-order chi connectivity index (χ0) is 21.9. The van der Waals surface area contributed by atoms with Gasteiger partial charge in [-0.15, -0.1) is 0 Å². The molecule has 3 rings (SSSR count). The van der Waals surface area contributed by atoms with Crippen molar-refractivity contribution in [3.05, 3.63) is 65.2 Å². The van der Waals surface area contributed by atoms with Gasteiger partial charge in [-0.25, -0.2) is 0 Å². The summed E-state index contributed by atoms with van der Waals surface area (Å²) in [4.78, 5) is 30.1. The molecule has 1 saturated heterocycles. The Kier molecular flexibility index (Phi) is 6.61. The Bertz CT molecular complexity index is 880. The largest absolute Gasteiger partial charge is 0.339 e. The molecule has 0 aromatic heterocycles. The van der Waals surface area contributed by atoms with Crippen LogP contribution < -0.4 is 5.32 Å². The molecule has 1 heterocycles. The standard InChI is InChI=1S/C25H33N3O2/c1-18-10-9-11-19(2)22(18)26-23(29)20(3)27-14-16-28(17-15-27)24(30)25(4,5)21-12-7-6-8-13-21/h6-13,20H,14-17H2,1-5H3,(H,26,29). The Balaban J connectivity index is 1.59. The van der Waals surface area contributed by atoms with Crippen LogP contribution in [0.25, 0.3) is 0 Å². The van der Waals surface area contributed by atoms with Crippen molar-refractivity contribution in [2.75, 3.05) is 31.5 Å². The maximum Gasteiger partial charge on any atom is 0.241 e. The molecule has 0 bridgehead atoms. The van der Waals surface area contributed by atoms with E-state index in [0.29, 0.717) is 26.2 Å². The van der Waals surface area contributed by atoms with E-state index in [1.54, 1.807) is 0 Å². The number of nitrogens with one attached hydrogen (secondary N) is 1. The molecule has 1 aliphatic rings. The number of benzene rings is 2. The molecule has 1 fully saturated rings. The van der Waals surface area contributed by atoms with Crippen LogP contribution in [0.3, 0.4) is 0 Å². The third-order valence-corrected chi connectivity index (χ3v) is 6.29. The monoisotopic (exact) mass is 407 g/mol. The summed E-state index contributed by atoms with van der Waals surface area (Å²) in [6.07, 6.45) is 0. The summed E-state index contributed by atoms with van der Waals surface area (Å²) in [5.41, 5.74) is 3.49. The van der Waals surface area contributed by atoms with Gasteiger partial charge in [0.2, 0.25) is 11.8 Å². The minimum atomic E-state index is -0.561. The highest BCUT2D eigenvalue weighted by Gasteiger charge is 2.36. The van der Waals surface area contributed by atoms with Crippen molar-refractivity contribution in [3.8, 4) is 0 Å². The van der Waals surface area contributed by atoms with Crippen LogP contribution in [-0.2, 0) is 15.0 Å². The lowest BCUT2D eigenvalue weighted by Crippen LogP contribution is -2.56. The topological polar surface area (TPSA) is 52.7 Å². The van der Waals surface area contributed by atoms with Crippen LogP contribution in [0.1, 0.15) is 37.5 Å². The van der Waals surface area contributed by atoms with Crippen LogP contribution in [0, 0.1) is 13.8 Å². The lowest BCUT2D eigenvalue weighted by molar-refractivity contribution is -0.138. The number of carbonyl (C=O) groups excluding carboxylic acids is 2. The average molecular weight is 408 g/mol. The minimum absolute atomic E-state index is 0.00297. The SMILES string of the molecule is Cc1cccc(C)c1NC(=O)C(C)N1CCN(C(=O)C(C)(C)c2ccccc2)CC1. The third kappa shape index (κ3) is 4.57. The van der Waals surface area contributed by atoms with Gasteiger partial charge >= 0.3 is 0 Å². The van der Waals surface area contributed by atoms with E-state index >= 15 is 0 Å². The molecule has 1 atom stereocenters. The number of piperazine rings is 1.